The molecule has 3 nitrogen and oxygen atoms in total. The Bertz CT molecular complexity index is 215. The van der Waals surface area contributed by atoms with E-state index in [-0.39, 0.29) is 18.1 Å². The normalized spacial score (nSPS) is 27.8. The van der Waals surface area contributed by atoms with E-state index >= 15 is 0 Å². The average Bonchev–Trinajstić information content (AvgIpc) is 2.31. The van der Waals surface area contributed by atoms with Crippen LogP contribution < -0.4 is 0 Å². The van der Waals surface area contributed by atoms with Gasteiger partial charge in [-0.05, 0) is 18.8 Å². The lowest BCUT2D eigenvalue weighted by atomic mass is 10.0. The molecular weight excluding hydrogens is 166 g/mol. The summed E-state index contributed by atoms with van der Waals surface area (Å²) in [5.41, 5.74) is 0. The van der Waals surface area contributed by atoms with Crippen molar-refractivity contribution in [1.29, 1.82) is 0 Å². The summed E-state index contributed by atoms with van der Waals surface area (Å²) in [7, 11) is 0. The maximum Gasteiger partial charge on any atom is 0.230 e. The molecule has 1 rings (SSSR count). The van der Waals surface area contributed by atoms with Gasteiger partial charge in [0.15, 0.2) is 0 Å². The molecule has 0 aromatic rings. The lowest BCUT2D eigenvalue weighted by Crippen LogP contribution is -2.30. The monoisotopic (exact) mass is 183 g/mol. The molecule has 2 unspecified atom stereocenters. The SMILES string of the molecule is CC(=O)CC(=O)N1CC(C)C(C)C1. The second-order valence-corrected chi connectivity index (χ2v) is 4.13. The number of likely N-dealkylation sites (tertiary alicyclic amines) is 1. The second-order valence-electron chi connectivity index (χ2n) is 4.13. The molecule has 0 spiro atoms. The molecule has 0 N–H and O–H groups in total. The van der Waals surface area contributed by atoms with Crippen LogP contribution in [0.5, 0.6) is 0 Å². The van der Waals surface area contributed by atoms with Crippen molar-refractivity contribution in [3.05, 3.63) is 0 Å². The van der Waals surface area contributed by atoms with Crippen LogP contribution in [0.15, 0.2) is 0 Å². The van der Waals surface area contributed by atoms with Crippen LogP contribution in [0.4, 0.5) is 0 Å². The Morgan fingerprint density at radius 3 is 2.08 bits per heavy atom. The van der Waals surface area contributed by atoms with Crippen molar-refractivity contribution in [1.82, 2.24) is 4.90 Å². The summed E-state index contributed by atoms with van der Waals surface area (Å²) in [5.74, 6) is 1.08. The number of hydrogen-bond acceptors (Lipinski definition) is 2. The zero-order chi connectivity index (χ0) is 10.0. The number of Topliss-reactive ketones (excluding diaryl/α,β-unsaturated/α-hetero) is 1. The lowest BCUT2D eigenvalue weighted by Gasteiger charge is -2.14. The number of hydrogen-bond donors (Lipinski definition) is 0. The van der Waals surface area contributed by atoms with Crippen molar-refractivity contribution >= 4 is 11.7 Å². The summed E-state index contributed by atoms with van der Waals surface area (Å²) in [6, 6.07) is 0. The molecule has 0 aromatic heterocycles. The quantitative estimate of drug-likeness (QED) is 0.601. The highest BCUT2D eigenvalue weighted by molar-refractivity contribution is 5.96. The molecule has 1 heterocycles. The third kappa shape index (κ3) is 2.54. The van der Waals surface area contributed by atoms with Gasteiger partial charge in [-0.15, -0.1) is 0 Å². The highest BCUT2D eigenvalue weighted by Crippen LogP contribution is 2.22. The Morgan fingerprint density at radius 1 is 1.23 bits per heavy atom. The number of ketones is 1. The molecule has 0 bridgehead atoms. The molecule has 3 heteroatoms. The van der Waals surface area contributed by atoms with Crippen LogP contribution in [0.3, 0.4) is 0 Å². The van der Waals surface area contributed by atoms with E-state index in [1.54, 1.807) is 4.90 Å². The van der Waals surface area contributed by atoms with Gasteiger partial charge >= 0.3 is 0 Å². The fourth-order valence-electron chi connectivity index (χ4n) is 1.66. The standard InChI is InChI=1S/C10H17NO2/c1-7-5-11(6-8(7)2)10(13)4-9(3)12/h7-8H,4-6H2,1-3H3. The number of carbonyl (C=O) groups excluding carboxylic acids is 2. The van der Waals surface area contributed by atoms with E-state index in [0.29, 0.717) is 11.8 Å². The van der Waals surface area contributed by atoms with Crippen LogP contribution in [-0.2, 0) is 9.59 Å². The maximum absolute atomic E-state index is 11.5. The summed E-state index contributed by atoms with van der Waals surface area (Å²) in [5, 5.41) is 0. The number of carbonyl (C=O) groups is 2. The predicted octanol–water partition coefficient (Wildman–Crippen LogP) is 1.08. The van der Waals surface area contributed by atoms with Crippen molar-refractivity contribution in [2.24, 2.45) is 11.8 Å². The Balaban J connectivity index is 2.46. The molecule has 2 atom stereocenters. The van der Waals surface area contributed by atoms with Gasteiger partial charge in [-0.2, -0.15) is 0 Å². The molecule has 13 heavy (non-hydrogen) atoms. The van der Waals surface area contributed by atoms with Gasteiger partial charge < -0.3 is 4.90 Å². The molecule has 74 valence electrons. The van der Waals surface area contributed by atoms with Crippen LogP contribution in [0.25, 0.3) is 0 Å². The smallest absolute Gasteiger partial charge is 0.230 e. The van der Waals surface area contributed by atoms with E-state index < -0.39 is 0 Å². The lowest BCUT2D eigenvalue weighted by molar-refractivity contribution is -0.134. The summed E-state index contributed by atoms with van der Waals surface area (Å²) in [4.78, 5) is 24.0. The minimum absolute atomic E-state index is 0.0105. The number of nitrogens with zero attached hydrogens (tertiary/aromatic N) is 1. The van der Waals surface area contributed by atoms with Gasteiger partial charge in [0, 0.05) is 13.1 Å². The Labute approximate surface area is 79.1 Å². The first-order chi connectivity index (χ1) is 6.00. The van der Waals surface area contributed by atoms with Gasteiger partial charge in [0.2, 0.25) is 5.91 Å². The Hall–Kier alpha value is -0.860. The van der Waals surface area contributed by atoms with E-state index in [1.165, 1.54) is 6.92 Å². The summed E-state index contributed by atoms with van der Waals surface area (Å²) >= 11 is 0. The maximum atomic E-state index is 11.5. The molecule has 1 saturated heterocycles. The van der Waals surface area contributed by atoms with Crippen molar-refractivity contribution < 1.29 is 9.59 Å². The number of amides is 1. The van der Waals surface area contributed by atoms with E-state index in [0.717, 1.165) is 13.1 Å². The third-order valence-electron chi connectivity index (χ3n) is 2.74. The van der Waals surface area contributed by atoms with Gasteiger partial charge in [-0.1, -0.05) is 13.8 Å². The van der Waals surface area contributed by atoms with Gasteiger partial charge in [0.25, 0.3) is 0 Å². The highest BCUT2D eigenvalue weighted by atomic mass is 16.2. The zero-order valence-electron chi connectivity index (χ0n) is 8.54. The van der Waals surface area contributed by atoms with E-state index in [2.05, 4.69) is 13.8 Å². The van der Waals surface area contributed by atoms with E-state index in [1.807, 2.05) is 0 Å². The molecule has 1 fully saturated rings. The molecule has 1 amide bonds. The molecule has 0 aromatic carbocycles. The summed E-state index contributed by atoms with van der Waals surface area (Å²) < 4.78 is 0. The minimum Gasteiger partial charge on any atom is -0.342 e. The Kier molecular flexibility index (Phi) is 3.07. The van der Waals surface area contributed by atoms with Gasteiger partial charge in [0.05, 0.1) is 6.42 Å². The van der Waals surface area contributed by atoms with Gasteiger partial charge in [-0.25, -0.2) is 0 Å². The first-order valence-electron chi connectivity index (χ1n) is 4.78. The predicted molar refractivity (Wildman–Crippen MR) is 50.2 cm³/mol. The molecule has 0 aliphatic carbocycles. The van der Waals surface area contributed by atoms with Gasteiger partial charge in [-0.3, -0.25) is 9.59 Å². The van der Waals surface area contributed by atoms with E-state index in [4.69, 9.17) is 0 Å². The Morgan fingerprint density at radius 2 is 1.69 bits per heavy atom. The van der Waals surface area contributed by atoms with Crippen molar-refractivity contribution in [3.63, 3.8) is 0 Å². The summed E-state index contributed by atoms with van der Waals surface area (Å²) in [6.07, 6.45) is 0.0689. The second kappa shape index (κ2) is 3.90. The zero-order valence-corrected chi connectivity index (χ0v) is 8.54. The topological polar surface area (TPSA) is 37.4 Å². The highest BCUT2D eigenvalue weighted by Gasteiger charge is 2.29. The average molecular weight is 183 g/mol. The van der Waals surface area contributed by atoms with Crippen molar-refractivity contribution in [2.75, 3.05) is 13.1 Å². The van der Waals surface area contributed by atoms with Crippen molar-refractivity contribution in [2.45, 2.75) is 27.2 Å². The van der Waals surface area contributed by atoms with Crippen LogP contribution in [-0.4, -0.2) is 29.7 Å². The van der Waals surface area contributed by atoms with Crippen LogP contribution in [0.2, 0.25) is 0 Å². The molecule has 1 aliphatic heterocycles. The molecule has 1 aliphatic rings. The molecule has 0 radical (unpaired) electrons. The fourth-order valence-corrected chi connectivity index (χ4v) is 1.66. The first-order valence-corrected chi connectivity index (χ1v) is 4.78. The molecule has 0 saturated carbocycles. The van der Waals surface area contributed by atoms with Crippen molar-refractivity contribution in [3.8, 4) is 0 Å². The largest absolute Gasteiger partial charge is 0.342 e. The van der Waals surface area contributed by atoms with Crippen LogP contribution in [0, 0.1) is 11.8 Å². The third-order valence-corrected chi connectivity index (χ3v) is 2.74. The van der Waals surface area contributed by atoms with Crippen LogP contribution in [0.1, 0.15) is 27.2 Å². The fraction of sp³-hybridized carbons (Fsp3) is 0.800. The summed E-state index contributed by atoms with van der Waals surface area (Å²) in [6.45, 7) is 7.37. The first kappa shape index (κ1) is 10.2. The van der Waals surface area contributed by atoms with E-state index in [9.17, 15) is 9.59 Å². The minimum atomic E-state index is -0.0443. The van der Waals surface area contributed by atoms with Crippen LogP contribution >= 0.6 is 0 Å². The molecular formula is C10H17NO2. The number of rotatable bonds is 2. The van der Waals surface area contributed by atoms with Gasteiger partial charge in [0.1, 0.15) is 5.78 Å².